The van der Waals surface area contributed by atoms with Gasteiger partial charge in [0, 0.05) is 30.3 Å². The van der Waals surface area contributed by atoms with Crippen LogP contribution in [-0.2, 0) is 0 Å². The van der Waals surface area contributed by atoms with Gasteiger partial charge in [0.1, 0.15) is 0 Å². The van der Waals surface area contributed by atoms with Gasteiger partial charge in [-0.2, -0.15) is 0 Å². The molecule has 136 valence electrons. The van der Waals surface area contributed by atoms with Crippen LogP contribution < -0.4 is 5.32 Å². The van der Waals surface area contributed by atoms with Gasteiger partial charge in [0.15, 0.2) is 0 Å². The molecule has 4 nitrogen and oxygen atoms in total. The third kappa shape index (κ3) is 5.07. The van der Waals surface area contributed by atoms with Crippen LogP contribution >= 0.6 is 0 Å². The largest absolute Gasteiger partial charge is 0.349 e. The highest BCUT2D eigenvalue weighted by Crippen LogP contribution is 2.18. The minimum absolute atomic E-state index is 0.0133. The molecule has 25 heavy (non-hydrogen) atoms. The van der Waals surface area contributed by atoms with Crippen molar-refractivity contribution in [1.29, 1.82) is 0 Å². The van der Waals surface area contributed by atoms with Crippen LogP contribution in [0.1, 0.15) is 84.9 Å². The minimum atomic E-state index is -0.0133. The van der Waals surface area contributed by atoms with Crippen LogP contribution in [0.15, 0.2) is 24.3 Å². The molecule has 0 radical (unpaired) electrons. The normalized spacial score (nSPS) is 19.8. The maximum Gasteiger partial charge on any atom is 0.253 e. The van der Waals surface area contributed by atoms with Crippen molar-refractivity contribution in [2.45, 2.75) is 70.3 Å². The second-order valence-electron chi connectivity index (χ2n) is 7.45. The Morgan fingerprint density at radius 3 is 1.88 bits per heavy atom. The Labute approximate surface area is 151 Å². The van der Waals surface area contributed by atoms with Crippen molar-refractivity contribution in [3.63, 3.8) is 0 Å². The molecular weight excluding hydrogens is 312 g/mol. The van der Waals surface area contributed by atoms with Gasteiger partial charge >= 0.3 is 0 Å². The molecule has 1 heterocycles. The van der Waals surface area contributed by atoms with Crippen molar-refractivity contribution in [3.8, 4) is 0 Å². The van der Waals surface area contributed by atoms with Crippen LogP contribution in [0, 0.1) is 0 Å². The molecule has 2 amide bonds. The number of nitrogens with one attached hydrogen (secondary N) is 1. The Hall–Kier alpha value is -1.84. The number of amides is 2. The predicted octanol–water partition coefficient (Wildman–Crippen LogP) is 4.16. The van der Waals surface area contributed by atoms with E-state index < -0.39 is 0 Å². The molecule has 1 saturated heterocycles. The van der Waals surface area contributed by atoms with Gasteiger partial charge in [0.05, 0.1) is 0 Å². The molecule has 1 aliphatic carbocycles. The molecule has 2 fully saturated rings. The summed E-state index contributed by atoms with van der Waals surface area (Å²) in [5, 5.41) is 3.16. The molecule has 0 spiro atoms. The van der Waals surface area contributed by atoms with Crippen LogP contribution in [0.2, 0.25) is 0 Å². The van der Waals surface area contributed by atoms with Gasteiger partial charge in [0.25, 0.3) is 11.8 Å². The van der Waals surface area contributed by atoms with Crippen LogP contribution in [0.25, 0.3) is 0 Å². The fraction of sp³-hybridized carbons (Fsp3) is 0.619. The third-order valence-electron chi connectivity index (χ3n) is 5.48. The number of nitrogens with zero attached hydrogens (tertiary/aromatic N) is 1. The smallest absolute Gasteiger partial charge is 0.253 e. The van der Waals surface area contributed by atoms with Gasteiger partial charge < -0.3 is 10.2 Å². The monoisotopic (exact) mass is 342 g/mol. The molecule has 1 saturated carbocycles. The van der Waals surface area contributed by atoms with Crippen molar-refractivity contribution in [3.05, 3.63) is 35.4 Å². The Kier molecular flexibility index (Phi) is 6.48. The standard InChI is InChI=1S/C21H30N2O2/c24-20(22-19-9-5-1-2-6-10-19)17-11-13-18(14-12-17)21(25)23-15-7-3-4-8-16-23/h11-14,19H,1-10,15-16H2,(H,22,24). The van der Waals surface area contributed by atoms with E-state index in [2.05, 4.69) is 5.32 Å². The molecule has 0 aromatic heterocycles. The van der Waals surface area contributed by atoms with Crippen LogP contribution in [0.3, 0.4) is 0 Å². The van der Waals surface area contributed by atoms with Crippen LogP contribution in [0.5, 0.6) is 0 Å². The van der Waals surface area contributed by atoms with Crippen LogP contribution in [0.4, 0.5) is 0 Å². The fourth-order valence-electron chi connectivity index (χ4n) is 3.91. The molecule has 1 aromatic rings. The van der Waals surface area contributed by atoms with E-state index in [0.29, 0.717) is 17.2 Å². The molecule has 3 rings (SSSR count). The van der Waals surface area contributed by atoms with E-state index in [4.69, 9.17) is 0 Å². The van der Waals surface area contributed by atoms with E-state index in [1.54, 1.807) is 24.3 Å². The summed E-state index contributed by atoms with van der Waals surface area (Å²) in [6.07, 6.45) is 11.7. The molecule has 0 unspecified atom stereocenters. The highest BCUT2D eigenvalue weighted by atomic mass is 16.2. The van der Waals surface area contributed by atoms with Gasteiger partial charge in [-0.3, -0.25) is 9.59 Å². The summed E-state index contributed by atoms with van der Waals surface area (Å²) in [5.41, 5.74) is 1.34. The quantitative estimate of drug-likeness (QED) is 0.839. The summed E-state index contributed by atoms with van der Waals surface area (Å²) in [6, 6.07) is 7.48. The van der Waals surface area contributed by atoms with Crippen molar-refractivity contribution < 1.29 is 9.59 Å². The number of carbonyl (C=O) groups excluding carboxylic acids is 2. The molecule has 4 heteroatoms. The zero-order chi connectivity index (χ0) is 17.5. The molecule has 0 bridgehead atoms. The lowest BCUT2D eigenvalue weighted by molar-refractivity contribution is 0.0761. The molecule has 1 aliphatic heterocycles. The topological polar surface area (TPSA) is 49.4 Å². The fourth-order valence-corrected chi connectivity index (χ4v) is 3.91. The summed E-state index contributed by atoms with van der Waals surface area (Å²) in [5.74, 6) is 0.0818. The summed E-state index contributed by atoms with van der Waals surface area (Å²) in [7, 11) is 0. The average molecular weight is 342 g/mol. The first-order valence-corrected chi connectivity index (χ1v) is 9.94. The SMILES string of the molecule is O=C(NC1CCCCCC1)c1ccc(C(=O)N2CCCCCC2)cc1. The Balaban J connectivity index is 1.58. The van der Waals surface area contributed by atoms with E-state index >= 15 is 0 Å². The molecule has 0 atom stereocenters. The lowest BCUT2D eigenvalue weighted by Crippen LogP contribution is -2.34. The molecule has 1 aromatic carbocycles. The Morgan fingerprint density at radius 2 is 1.28 bits per heavy atom. The van der Waals surface area contributed by atoms with E-state index in [0.717, 1.165) is 38.8 Å². The predicted molar refractivity (Wildman–Crippen MR) is 99.8 cm³/mol. The van der Waals surface area contributed by atoms with E-state index in [1.165, 1.54) is 38.5 Å². The van der Waals surface area contributed by atoms with E-state index in [9.17, 15) is 9.59 Å². The first-order chi connectivity index (χ1) is 12.2. The third-order valence-corrected chi connectivity index (χ3v) is 5.48. The van der Waals surface area contributed by atoms with Gasteiger partial charge in [-0.05, 0) is 49.9 Å². The van der Waals surface area contributed by atoms with Gasteiger partial charge in [0.2, 0.25) is 0 Å². The maximum absolute atomic E-state index is 12.6. The second-order valence-corrected chi connectivity index (χ2v) is 7.45. The van der Waals surface area contributed by atoms with Gasteiger partial charge in [-0.25, -0.2) is 0 Å². The zero-order valence-electron chi connectivity index (χ0n) is 15.1. The molecule has 1 N–H and O–H groups in total. The number of rotatable bonds is 3. The number of benzene rings is 1. The van der Waals surface area contributed by atoms with Crippen molar-refractivity contribution in [1.82, 2.24) is 10.2 Å². The minimum Gasteiger partial charge on any atom is -0.349 e. The number of carbonyl (C=O) groups is 2. The number of hydrogen-bond donors (Lipinski definition) is 1. The summed E-state index contributed by atoms with van der Waals surface area (Å²) >= 11 is 0. The zero-order valence-corrected chi connectivity index (χ0v) is 15.1. The summed E-state index contributed by atoms with van der Waals surface area (Å²) in [6.45, 7) is 1.70. The van der Waals surface area contributed by atoms with Gasteiger partial charge in [-0.15, -0.1) is 0 Å². The van der Waals surface area contributed by atoms with Gasteiger partial charge in [-0.1, -0.05) is 38.5 Å². The first-order valence-electron chi connectivity index (χ1n) is 9.94. The summed E-state index contributed by atoms with van der Waals surface area (Å²) < 4.78 is 0. The van der Waals surface area contributed by atoms with E-state index in [1.807, 2.05) is 4.90 Å². The Morgan fingerprint density at radius 1 is 0.760 bits per heavy atom. The molecular formula is C21H30N2O2. The van der Waals surface area contributed by atoms with Crippen molar-refractivity contribution >= 4 is 11.8 Å². The highest BCUT2D eigenvalue weighted by Gasteiger charge is 2.19. The lowest BCUT2D eigenvalue weighted by Gasteiger charge is -2.20. The van der Waals surface area contributed by atoms with Crippen molar-refractivity contribution in [2.24, 2.45) is 0 Å². The number of hydrogen-bond acceptors (Lipinski definition) is 2. The second kappa shape index (κ2) is 9.02. The number of likely N-dealkylation sites (tertiary alicyclic amines) is 1. The summed E-state index contributed by atoms with van der Waals surface area (Å²) in [4.78, 5) is 27.0. The first kappa shape index (κ1) is 18.0. The molecule has 2 aliphatic rings. The lowest BCUT2D eigenvalue weighted by atomic mass is 10.1. The van der Waals surface area contributed by atoms with E-state index in [-0.39, 0.29) is 11.8 Å². The highest BCUT2D eigenvalue weighted by molar-refractivity contribution is 5.97. The van der Waals surface area contributed by atoms with Crippen molar-refractivity contribution in [2.75, 3.05) is 13.1 Å². The maximum atomic E-state index is 12.6. The Bertz CT molecular complexity index is 566. The average Bonchev–Trinajstić information content (AvgIpc) is 3.06. The van der Waals surface area contributed by atoms with Crippen LogP contribution in [-0.4, -0.2) is 35.8 Å².